The molecule has 0 aliphatic rings. The largest absolute Gasteiger partial charge is 0.394 e. The molecule has 0 aromatic heterocycles. The van der Waals surface area contributed by atoms with Crippen molar-refractivity contribution in [3.05, 3.63) is 44.7 Å². The highest BCUT2D eigenvalue weighted by atomic mass is 127. The maximum atomic E-state index is 13.6. The van der Waals surface area contributed by atoms with E-state index in [-0.39, 0.29) is 17.7 Å². The van der Waals surface area contributed by atoms with Crippen LogP contribution in [0.2, 0.25) is 0 Å². The summed E-state index contributed by atoms with van der Waals surface area (Å²) in [6.45, 7) is 4.86. The lowest BCUT2D eigenvalue weighted by atomic mass is 10.0. The van der Waals surface area contributed by atoms with Crippen molar-refractivity contribution in [3.63, 3.8) is 0 Å². The van der Waals surface area contributed by atoms with Crippen LogP contribution in [0.4, 0.5) is 8.78 Å². The molecule has 6 heteroatoms. The molecule has 0 saturated heterocycles. The summed E-state index contributed by atoms with van der Waals surface area (Å²) < 4.78 is 27.4. The number of halogens is 3. The highest BCUT2D eigenvalue weighted by Crippen LogP contribution is 2.19. The van der Waals surface area contributed by atoms with Gasteiger partial charge in [0, 0.05) is 15.3 Å². The van der Waals surface area contributed by atoms with Gasteiger partial charge in [0.25, 0.3) is 0 Å². The minimum Gasteiger partial charge on any atom is -0.394 e. The number of carbonyl (C=O) groups excluding carboxylic acids is 1. The Morgan fingerprint density at radius 3 is 2.60 bits per heavy atom. The molecule has 1 aromatic carbocycles. The van der Waals surface area contributed by atoms with Gasteiger partial charge in [0.2, 0.25) is 0 Å². The summed E-state index contributed by atoms with van der Waals surface area (Å²) in [6, 6.07) is 2.33. The number of rotatable bonds is 5. The fourth-order valence-corrected chi connectivity index (χ4v) is 1.93. The number of hydrogen-bond donors (Lipinski definition) is 2. The van der Waals surface area contributed by atoms with Crippen LogP contribution in [-0.2, 0) is 0 Å². The summed E-state index contributed by atoms with van der Waals surface area (Å²) in [7, 11) is 0. The van der Waals surface area contributed by atoms with Crippen LogP contribution in [0, 0.1) is 15.2 Å². The molecular weight excluding hydrogens is 379 g/mol. The second-order valence-electron chi connectivity index (χ2n) is 5.09. The number of carbonyl (C=O) groups is 1. The van der Waals surface area contributed by atoms with E-state index in [1.807, 2.05) is 22.6 Å². The zero-order valence-corrected chi connectivity index (χ0v) is 13.6. The number of Topliss-reactive ketones (excluding diaryl/α,β-unsaturated/α-hetero) is 1. The molecule has 3 nitrogen and oxygen atoms in total. The summed E-state index contributed by atoms with van der Waals surface area (Å²) in [4.78, 5) is 12.1. The smallest absolute Gasteiger partial charge is 0.193 e. The van der Waals surface area contributed by atoms with Crippen molar-refractivity contribution in [2.75, 3.05) is 6.61 Å². The molecule has 0 saturated carbocycles. The first kappa shape index (κ1) is 17.0. The van der Waals surface area contributed by atoms with Crippen molar-refractivity contribution < 1.29 is 18.7 Å². The van der Waals surface area contributed by atoms with Crippen molar-refractivity contribution in [3.8, 4) is 0 Å². The van der Waals surface area contributed by atoms with Gasteiger partial charge in [0.15, 0.2) is 17.4 Å². The number of ketones is 1. The van der Waals surface area contributed by atoms with Gasteiger partial charge in [-0.15, -0.1) is 0 Å². The molecule has 0 unspecified atom stereocenters. The SMILES string of the molecule is C/C(=C\NC(C)(C)CO)C(=O)c1cc(I)cc(F)c1F. The van der Waals surface area contributed by atoms with Crippen LogP contribution in [0.5, 0.6) is 0 Å². The van der Waals surface area contributed by atoms with E-state index >= 15 is 0 Å². The first-order valence-corrected chi connectivity index (χ1v) is 7.00. The van der Waals surface area contributed by atoms with E-state index in [2.05, 4.69) is 5.32 Å². The molecule has 0 heterocycles. The number of aliphatic hydroxyl groups is 1. The molecule has 0 fully saturated rings. The van der Waals surface area contributed by atoms with Gasteiger partial charge in [-0.2, -0.15) is 0 Å². The average molecular weight is 395 g/mol. The van der Waals surface area contributed by atoms with Crippen LogP contribution >= 0.6 is 22.6 Å². The van der Waals surface area contributed by atoms with E-state index in [1.165, 1.54) is 19.2 Å². The molecule has 0 spiro atoms. The van der Waals surface area contributed by atoms with E-state index in [0.29, 0.717) is 3.57 Å². The van der Waals surface area contributed by atoms with Gasteiger partial charge >= 0.3 is 0 Å². The van der Waals surface area contributed by atoms with Crippen LogP contribution in [-0.4, -0.2) is 23.0 Å². The molecule has 0 aliphatic heterocycles. The van der Waals surface area contributed by atoms with Crippen molar-refractivity contribution in [1.29, 1.82) is 0 Å². The van der Waals surface area contributed by atoms with Crippen LogP contribution in [0.25, 0.3) is 0 Å². The van der Waals surface area contributed by atoms with Crippen LogP contribution in [0.1, 0.15) is 31.1 Å². The maximum Gasteiger partial charge on any atom is 0.193 e. The van der Waals surface area contributed by atoms with Crippen LogP contribution in [0.15, 0.2) is 23.9 Å². The quantitative estimate of drug-likeness (QED) is 0.349. The minimum atomic E-state index is -1.15. The summed E-state index contributed by atoms with van der Waals surface area (Å²) in [5, 5.41) is 11.9. The van der Waals surface area contributed by atoms with Gasteiger partial charge in [0.1, 0.15) is 0 Å². The molecule has 20 heavy (non-hydrogen) atoms. The Kier molecular flexibility index (Phi) is 5.64. The number of hydrogen-bond acceptors (Lipinski definition) is 3. The second kappa shape index (κ2) is 6.62. The molecular formula is C14H16F2INO2. The maximum absolute atomic E-state index is 13.6. The predicted molar refractivity (Wildman–Crippen MR) is 81.5 cm³/mol. The van der Waals surface area contributed by atoms with Gasteiger partial charge in [-0.3, -0.25) is 4.79 Å². The fourth-order valence-electron chi connectivity index (χ4n) is 1.35. The Morgan fingerprint density at radius 1 is 1.45 bits per heavy atom. The third kappa shape index (κ3) is 4.24. The average Bonchev–Trinajstić information content (AvgIpc) is 2.39. The Morgan fingerprint density at radius 2 is 2.05 bits per heavy atom. The number of nitrogens with one attached hydrogen (secondary N) is 1. The molecule has 110 valence electrons. The lowest BCUT2D eigenvalue weighted by Gasteiger charge is -2.22. The number of allylic oxidation sites excluding steroid dienone is 1. The zero-order valence-electron chi connectivity index (χ0n) is 11.4. The lowest BCUT2D eigenvalue weighted by molar-refractivity contribution is 0.102. The molecule has 0 radical (unpaired) electrons. The molecule has 1 rings (SSSR count). The van der Waals surface area contributed by atoms with Crippen LogP contribution < -0.4 is 5.32 Å². The normalized spacial score (nSPS) is 12.4. The van der Waals surface area contributed by atoms with Gasteiger partial charge in [-0.1, -0.05) is 0 Å². The minimum absolute atomic E-state index is 0.128. The second-order valence-corrected chi connectivity index (χ2v) is 6.34. The standard InChI is InChI=1S/C14H16F2INO2/c1-8(6-18-14(2,3)7-19)13(20)10-4-9(17)5-11(15)12(10)16/h4-6,18-19H,7H2,1-3H3/b8-6+. The number of benzene rings is 1. The third-order valence-corrected chi connectivity index (χ3v) is 3.29. The van der Waals surface area contributed by atoms with Crippen molar-refractivity contribution in [2.24, 2.45) is 0 Å². The van der Waals surface area contributed by atoms with E-state index in [1.54, 1.807) is 13.8 Å². The van der Waals surface area contributed by atoms with Crippen LogP contribution in [0.3, 0.4) is 0 Å². The molecule has 2 N–H and O–H groups in total. The Bertz CT molecular complexity index is 556. The Balaban J connectivity index is 3.04. The molecule has 1 aromatic rings. The topological polar surface area (TPSA) is 49.3 Å². The third-order valence-electron chi connectivity index (χ3n) is 2.67. The van der Waals surface area contributed by atoms with Gasteiger partial charge in [0.05, 0.1) is 17.7 Å². The highest BCUT2D eigenvalue weighted by molar-refractivity contribution is 14.1. The highest BCUT2D eigenvalue weighted by Gasteiger charge is 2.19. The van der Waals surface area contributed by atoms with Crippen molar-refractivity contribution in [2.45, 2.75) is 26.3 Å². The first-order chi connectivity index (χ1) is 9.18. The first-order valence-electron chi connectivity index (χ1n) is 5.92. The predicted octanol–water partition coefficient (Wildman–Crippen LogP) is 3.02. The fraction of sp³-hybridized carbons (Fsp3) is 0.357. The Hall–Kier alpha value is -1.02. The van der Waals surface area contributed by atoms with E-state index in [4.69, 9.17) is 5.11 Å². The van der Waals surface area contributed by atoms with Crippen molar-refractivity contribution >= 4 is 28.4 Å². The van der Waals surface area contributed by atoms with E-state index in [0.717, 1.165) is 6.07 Å². The number of aliphatic hydroxyl groups excluding tert-OH is 1. The summed E-state index contributed by atoms with van der Waals surface area (Å²) in [5.74, 6) is -2.79. The lowest BCUT2D eigenvalue weighted by Crippen LogP contribution is -2.39. The molecule has 0 atom stereocenters. The van der Waals surface area contributed by atoms with Crippen molar-refractivity contribution in [1.82, 2.24) is 5.32 Å². The van der Waals surface area contributed by atoms with E-state index < -0.39 is 23.0 Å². The zero-order chi connectivity index (χ0) is 15.5. The molecule has 0 aliphatic carbocycles. The Labute approximate surface area is 130 Å². The summed E-state index contributed by atoms with van der Waals surface area (Å²) in [5.41, 5.74) is -0.672. The molecule has 0 amide bonds. The van der Waals surface area contributed by atoms with Gasteiger partial charge in [-0.05, 0) is 55.5 Å². The summed E-state index contributed by atoms with van der Waals surface area (Å²) in [6.07, 6.45) is 1.40. The van der Waals surface area contributed by atoms with E-state index in [9.17, 15) is 13.6 Å². The summed E-state index contributed by atoms with van der Waals surface area (Å²) >= 11 is 1.82. The monoisotopic (exact) mass is 395 g/mol. The van der Waals surface area contributed by atoms with Gasteiger partial charge in [-0.25, -0.2) is 8.78 Å². The molecule has 0 bridgehead atoms. The van der Waals surface area contributed by atoms with Gasteiger partial charge < -0.3 is 10.4 Å².